The molecule has 0 bridgehead atoms. The minimum Gasteiger partial charge on any atom is -0.450 e. The van der Waals surface area contributed by atoms with E-state index in [1.807, 2.05) is 20.8 Å². The molecule has 2 N–H and O–H groups in total. The van der Waals surface area contributed by atoms with Crippen LogP contribution in [0, 0.1) is 11.8 Å². The molecule has 0 spiro atoms. The number of nitrogens with one attached hydrogen (secondary N) is 1. The summed E-state index contributed by atoms with van der Waals surface area (Å²) in [7, 11) is -3.61. The first-order valence-electron chi connectivity index (χ1n) is 5.66. The van der Waals surface area contributed by atoms with Crippen LogP contribution in [-0.2, 0) is 16.6 Å². The molecule has 5 nitrogen and oxygen atoms in total. The summed E-state index contributed by atoms with van der Waals surface area (Å²) in [5, 5.41) is 8.90. The Morgan fingerprint density at radius 1 is 1.44 bits per heavy atom. The summed E-state index contributed by atoms with van der Waals surface area (Å²) in [5.41, 5.74) is 0. The molecule has 0 aliphatic heterocycles. The molecule has 0 saturated carbocycles. The van der Waals surface area contributed by atoms with Crippen LogP contribution in [0.15, 0.2) is 20.0 Å². The van der Waals surface area contributed by atoms with E-state index in [1.165, 1.54) is 6.07 Å². The summed E-state index contributed by atoms with van der Waals surface area (Å²) < 4.78 is 31.7. The third-order valence-corrected chi connectivity index (χ3v) is 5.17. The minimum atomic E-state index is -3.61. The van der Waals surface area contributed by atoms with Crippen molar-refractivity contribution in [3.63, 3.8) is 0 Å². The number of rotatable bonds is 6. The number of aliphatic hydroxyl groups is 1. The van der Waals surface area contributed by atoms with Crippen molar-refractivity contribution < 1.29 is 17.9 Å². The summed E-state index contributed by atoms with van der Waals surface area (Å²) in [6.45, 7) is 6.09. The zero-order valence-corrected chi connectivity index (χ0v) is 13.0. The predicted molar refractivity (Wildman–Crippen MR) is 71.5 cm³/mol. The summed E-state index contributed by atoms with van der Waals surface area (Å²) in [6, 6.07) is 1.31. The molecule has 0 aliphatic rings. The fourth-order valence-electron chi connectivity index (χ4n) is 1.21. The molecule has 7 heteroatoms. The van der Waals surface area contributed by atoms with Gasteiger partial charge in [0.1, 0.15) is 17.3 Å². The number of sulfonamides is 1. The van der Waals surface area contributed by atoms with Gasteiger partial charge in [0, 0.05) is 12.6 Å². The number of hydrogen-bond acceptors (Lipinski definition) is 4. The van der Waals surface area contributed by atoms with E-state index in [-0.39, 0.29) is 27.9 Å². The van der Waals surface area contributed by atoms with Crippen molar-refractivity contribution >= 4 is 26.0 Å². The van der Waals surface area contributed by atoms with E-state index >= 15 is 0 Å². The second kappa shape index (κ2) is 6.18. The Balaban J connectivity index is 2.83. The molecule has 1 heterocycles. The average Bonchev–Trinajstić information content (AvgIpc) is 2.68. The first-order chi connectivity index (χ1) is 8.27. The second-order valence-electron chi connectivity index (χ2n) is 4.58. The molecule has 0 aromatic carbocycles. The lowest BCUT2D eigenvalue weighted by atomic mass is 9.99. The fraction of sp³-hybridized carbons (Fsp3) is 0.636. The molecule has 1 atom stereocenters. The van der Waals surface area contributed by atoms with E-state index in [1.54, 1.807) is 0 Å². The molecule has 1 aromatic heterocycles. The third kappa shape index (κ3) is 3.81. The quantitative estimate of drug-likeness (QED) is 0.831. The van der Waals surface area contributed by atoms with E-state index in [2.05, 4.69) is 20.7 Å². The first kappa shape index (κ1) is 15.7. The summed E-state index contributed by atoms with van der Waals surface area (Å²) in [4.78, 5) is 0.0162. The van der Waals surface area contributed by atoms with Gasteiger partial charge in [-0.25, -0.2) is 13.1 Å². The van der Waals surface area contributed by atoms with Gasteiger partial charge in [0.05, 0.1) is 0 Å². The molecule has 1 unspecified atom stereocenters. The molecule has 0 saturated heterocycles. The first-order valence-corrected chi connectivity index (χ1v) is 7.94. The maximum Gasteiger partial charge on any atom is 0.244 e. The Hall–Kier alpha value is -0.370. The Kier molecular flexibility index (Phi) is 5.39. The highest BCUT2D eigenvalue weighted by Gasteiger charge is 2.23. The van der Waals surface area contributed by atoms with Crippen LogP contribution >= 0.6 is 15.9 Å². The van der Waals surface area contributed by atoms with Gasteiger partial charge in [0.15, 0.2) is 4.67 Å². The Labute approximate surface area is 116 Å². The van der Waals surface area contributed by atoms with Gasteiger partial charge in [-0.3, -0.25) is 0 Å². The van der Waals surface area contributed by atoms with Crippen molar-refractivity contribution in [1.29, 1.82) is 0 Å². The molecular weight excluding hydrogens is 322 g/mol. The van der Waals surface area contributed by atoms with E-state index in [9.17, 15) is 8.42 Å². The van der Waals surface area contributed by atoms with E-state index < -0.39 is 10.0 Å². The predicted octanol–water partition coefficient (Wildman–Crippen LogP) is 2.10. The monoisotopic (exact) mass is 339 g/mol. The lowest BCUT2D eigenvalue weighted by molar-refractivity contribution is 0.245. The van der Waals surface area contributed by atoms with Crippen LogP contribution in [0.25, 0.3) is 0 Å². The molecule has 1 rings (SSSR count). The summed E-state index contributed by atoms with van der Waals surface area (Å²) >= 11 is 3.03. The van der Waals surface area contributed by atoms with Gasteiger partial charge in [-0.05, 0) is 27.8 Å². The van der Waals surface area contributed by atoms with Crippen LogP contribution in [0.2, 0.25) is 0 Å². The van der Waals surface area contributed by atoms with Crippen LogP contribution in [0.3, 0.4) is 0 Å². The highest BCUT2D eigenvalue weighted by atomic mass is 79.9. The van der Waals surface area contributed by atoms with Gasteiger partial charge < -0.3 is 9.52 Å². The van der Waals surface area contributed by atoms with Gasteiger partial charge in [-0.15, -0.1) is 0 Å². The third-order valence-electron chi connectivity index (χ3n) is 2.89. The normalized spacial score (nSPS) is 14.1. The van der Waals surface area contributed by atoms with Crippen LogP contribution in [0.1, 0.15) is 26.5 Å². The van der Waals surface area contributed by atoms with E-state index in [0.717, 1.165) is 0 Å². The van der Waals surface area contributed by atoms with Crippen molar-refractivity contribution in [2.24, 2.45) is 11.8 Å². The Bertz CT molecular complexity index is 495. The lowest BCUT2D eigenvalue weighted by Gasteiger charge is -2.15. The molecule has 0 aliphatic carbocycles. The average molecular weight is 340 g/mol. The maximum absolute atomic E-state index is 12.0. The number of aliphatic hydroxyl groups excluding tert-OH is 1. The standard InChI is InChI=1S/C11H18BrNO4S/c1-7(2)8(3)5-13-18(15,16)10-4-9(6-14)17-11(10)12/h4,7-8,13-14H,5-6H2,1-3H3. The van der Waals surface area contributed by atoms with Crippen molar-refractivity contribution in [2.75, 3.05) is 6.54 Å². The van der Waals surface area contributed by atoms with Gasteiger partial charge in [-0.2, -0.15) is 0 Å². The largest absolute Gasteiger partial charge is 0.450 e. The van der Waals surface area contributed by atoms with Crippen LogP contribution in [0.5, 0.6) is 0 Å². The number of halogens is 1. The van der Waals surface area contributed by atoms with Crippen LogP contribution in [0.4, 0.5) is 0 Å². The highest BCUT2D eigenvalue weighted by molar-refractivity contribution is 9.10. The Morgan fingerprint density at radius 3 is 2.50 bits per heavy atom. The fourth-order valence-corrected chi connectivity index (χ4v) is 3.35. The molecule has 0 radical (unpaired) electrons. The SMILES string of the molecule is CC(C)C(C)CNS(=O)(=O)c1cc(CO)oc1Br. The lowest BCUT2D eigenvalue weighted by Crippen LogP contribution is -2.30. The van der Waals surface area contributed by atoms with Crippen molar-refractivity contribution in [3.05, 3.63) is 16.5 Å². The Morgan fingerprint density at radius 2 is 2.06 bits per heavy atom. The number of hydrogen-bond donors (Lipinski definition) is 2. The zero-order chi connectivity index (χ0) is 13.9. The van der Waals surface area contributed by atoms with Gasteiger partial charge in [-0.1, -0.05) is 20.8 Å². The summed E-state index contributed by atoms with van der Waals surface area (Å²) in [6.07, 6.45) is 0. The maximum atomic E-state index is 12.0. The van der Waals surface area contributed by atoms with Crippen molar-refractivity contribution in [3.8, 4) is 0 Å². The zero-order valence-electron chi connectivity index (χ0n) is 10.6. The second-order valence-corrected chi connectivity index (χ2v) is 7.04. The van der Waals surface area contributed by atoms with Crippen LogP contribution < -0.4 is 4.72 Å². The van der Waals surface area contributed by atoms with Crippen LogP contribution in [-0.4, -0.2) is 20.1 Å². The molecule has 1 aromatic rings. The van der Waals surface area contributed by atoms with Crippen molar-refractivity contribution in [2.45, 2.75) is 32.3 Å². The number of furan rings is 1. The van der Waals surface area contributed by atoms with Gasteiger partial charge in [0.2, 0.25) is 10.0 Å². The molecule has 0 fully saturated rings. The van der Waals surface area contributed by atoms with Gasteiger partial charge in [0.25, 0.3) is 0 Å². The minimum absolute atomic E-state index is 0.0162. The van der Waals surface area contributed by atoms with E-state index in [4.69, 9.17) is 9.52 Å². The smallest absolute Gasteiger partial charge is 0.244 e. The van der Waals surface area contributed by atoms with Crippen molar-refractivity contribution in [1.82, 2.24) is 4.72 Å². The summed E-state index contributed by atoms with van der Waals surface area (Å²) in [5.74, 6) is 0.843. The van der Waals surface area contributed by atoms with E-state index in [0.29, 0.717) is 12.5 Å². The highest BCUT2D eigenvalue weighted by Crippen LogP contribution is 2.26. The van der Waals surface area contributed by atoms with Gasteiger partial charge >= 0.3 is 0 Å². The molecule has 104 valence electrons. The molecule has 18 heavy (non-hydrogen) atoms. The topological polar surface area (TPSA) is 79.5 Å². The molecular formula is C11H18BrNO4S. The molecule has 0 amide bonds.